The highest BCUT2D eigenvalue weighted by Gasteiger charge is 2.38. The molecule has 0 spiro atoms. The van der Waals surface area contributed by atoms with Crippen LogP contribution in [0.3, 0.4) is 0 Å². The highest BCUT2D eigenvalue weighted by atomic mass is 32.2. The van der Waals surface area contributed by atoms with Crippen LogP contribution in [-0.4, -0.2) is 23.1 Å². The minimum Gasteiger partial charge on any atom is -0.312 e. The predicted molar refractivity (Wildman–Crippen MR) is 76.2 cm³/mol. The molecule has 16 heavy (non-hydrogen) atoms. The van der Waals surface area contributed by atoms with Crippen LogP contribution in [0.15, 0.2) is 0 Å². The van der Waals surface area contributed by atoms with Crippen LogP contribution in [0.1, 0.15) is 60.3 Å². The van der Waals surface area contributed by atoms with Crippen LogP contribution in [0, 0.1) is 5.41 Å². The molecule has 0 aromatic carbocycles. The molecule has 0 aromatic rings. The Balaban J connectivity index is 2.63. The summed E-state index contributed by atoms with van der Waals surface area (Å²) in [5.74, 6) is 0. The Morgan fingerprint density at radius 3 is 2.62 bits per heavy atom. The second kappa shape index (κ2) is 6.30. The third kappa shape index (κ3) is 3.96. The molecule has 2 atom stereocenters. The number of hydrogen-bond acceptors (Lipinski definition) is 2. The smallest absolute Gasteiger partial charge is 0.0237 e. The molecule has 0 aliphatic heterocycles. The normalized spacial score (nSPS) is 29.6. The Morgan fingerprint density at radius 1 is 1.38 bits per heavy atom. The van der Waals surface area contributed by atoms with Gasteiger partial charge in [-0.2, -0.15) is 11.8 Å². The molecule has 1 aliphatic rings. The number of hydrogen-bond donors (Lipinski definition) is 1. The van der Waals surface area contributed by atoms with E-state index in [1.54, 1.807) is 0 Å². The van der Waals surface area contributed by atoms with E-state index in [0.29, 0.717) is 11.5 Å². The lowest BCUT2D eigenvalue weighted by Crippen LogP contribution is -2.51. The van der Waals surface area contributed by atoms with Gasteiger partial charge in [0.1, 0.15) is 0 Å². The average molecular weight is 243 g/mol. The van der Waals surface area contributed by atoms with Crippen molar-refractivity contribution in [2.45, 2.75) is 76.8 Å². The highest BCUT2D eigenvalue weighted by Crippen LogP contribution is 2.41. The van der Waals surface area contributed by atoms with Gasteiger partial charge in [0.25, 0.3) is 0 Å². The van der Waals surface area contributed by atoms with E-state index < -0.39 is 0 Å². The minimum absolute atomic E-state index is 0.472. The Bertz CT molecular complexity index is 201. The molecule has 0 aromatic heterocycles. The van der Waals surface area contributed by atoms with E-state index >= 15 is 0 Å². The van der Waals surface area contributed by atoms with E-state index in [9.17, 15) is 0 Å². The highest BCUT2D eigenvalue weighted by molar-refractivity contribution is 8.00. The molecule has 2 unspecified atom stereocenters. The van der Waals surface area contributed by atoms with Crippen molar-refractivity contribution in [1.82, 2.24) is 5.32 Å². The molecular weight excluding hydrogens is 214 g/mol. The fourth-order valence-electron chi connectivity index (χ4n) is 2.79. The van der Waals surface area contributed by atoms with E-state index in [1.165, 1.54) is 32.2 Å². The van der Waals surface area contributed by atoms with Crippen molar-refractivity contribution in [2.24, 2.45) is 5.41 Å². The Labute approximate surface area is 106 Å². The summed E-state index contributed by atoms with van der Waals surface area (Å²) in [5, 5.41) is 5.37. The monoisotopic (exact) mass is 243 g/mol. The molecule has 0 amide bonds. The topological polar surface area (TPSA) is 12.0 Å². The van der Waals surface area contributed by atoms with Gasteiger partial charge in [0.05, 0.1) is 0 Å². The van der Waals surface area contributed by atoms with Gasteiger partial charge in [-0.3, -0.25) is 0 Å². The maximum absolute atomic E-state index is 3.80. The molecule has 2 heteroatoms. The Kier molecular flexibility index (Phi) is 5.66. The summed E-state index contributed by atoms with van der Waals surface area (Å²) in [6.45, 7) is 12.9. The van der Waals surface area contributed by atoms with Crippen molar-refractivity contribution in [1.29, 1.82) is 0 Å². The molecule has 0 radical (unpaired) electrons. The van der Waals surface area contributed by atoms with E-state index in [2.05, 4.69) is 51.7 Å². The van der Waals surface area contributed by atoms with Crippen LogP contribution in [0.2, 0.25) is 0 Å². The van der Waals surface area contributed by atoms with Crippen molar-refractivity contribution >= 4 is 11.8 Å². The van der Waals surface area contributed by atoms with Gasteiger partial charge in [-0.15, -0.1) is 0 Å². The molecule has 0 bridgehead atoms. The Morgan fingerprint density at radius 2 is 2.06 bits per heavy atom. The fourth-order valence-corrected chi connectivity index (χ4v) is 4.41. The van der Waals surface area contributed by atoms with Gasteiger partial charge >= 0.3 is 0 Å². The third-order valence-electron chi connectivity index (χ3n) is 3.58. The van der Waals surface area contributed by atoms with E-state index in [0.717, 1.165) is 10.5 Å². The summed E-state index contributed by atoms with van der Waals surface area (Å²) in [6.07, 6.45) is 5.42. The van der Waals surface area contributed by atoms with Crippen LogP contribution in [-0.2, 0) is 0 Å². The first-order chi connectivity index (χ1) is 7.47. The molecule has 96 valence electrons. The van der Waals surface area contributed by atoms with Crippen LogP contribution in [0.5, 0.6) is 0 Å². The quantitative estimate of drug-likeness (QED) is 0.781. The maximum atomic E-state index is 3.80. The first kappa shape index (κ1) is 14.4. The van der Waals surface area contributed by atoms with Gasteiger partial charge in [-0.25, -0.2) is 0 Å². The largest absolute Gasteiger partial charge is 0.312 e. The summed E-state index contributed by atoms with van der Waals surface area (Å²) >= 11 is 2.17. The van der Waals surface area contributed by atoms with Gasteiger partial charge in [0.2, 0.25) is 0 Å². The van der Waals surface area contributed by atoms with Crippen LogP contribution < -0.4 is 5.32 Å². The van der Waals surface area contributed by atoms with Crippen LogP contribution in [0.25, 0.3) is 0 Å². The van der Waals surface area contributed by atoms with Crippen LogP contribution in [0.4, 0.5) is 0 Å². The number of nitrogens with one attached hydrogen (secondary N) is 1. The van der Waals surface area contributed by atoms with Crippen LogP contribution >= 0.6 is 11.8 Å². The van der Waals surface area contributed by atoms with Gasteiger partial charge < -0.3 is 5.32 Å². The SMILES string of the molecule is CCCNC1C(SC(C)C)CCCC1(C)C. The molecule has 0 heterocycles. The zero-order valence-electron chi connectivity index (χ0n) is 11.7. The molecule has 1 fully saturated rings. The van der Waals surface area contributed by atoms with Gasteiger partial charge in [0, 0.05) is 11.3 Å². The number of rotatable bonds is 5. The second-order valence-corrected chi connectivity index (χ2v) is 7.86. The zero-order valence-corrected chi connectivity index (χ0v) is 12.5. The molecule has 1 saturated carbocycles. The summed E-state index contributed by atoms with van der Waals surface area (Å²) in [7, 11) is 0. The second-order valence-electron chi connectivity index (χ2n) is 6.04. The van der Waals surface area contributed by atoms with Crippen molar-refractivity contribution < 1.29 is 0 Å². The Hall–Kier alpha value is 0.310. The lowest BCUT2D eigenvalue weighted by molar-refractivity contribution is 0.175. The minimum atomic E-state index is 0.472. The molecule has 1 nitrogen and oxygen atoms in total. The summed E-state index contributed by atoms with van der Waals surface area (Å²) in [6, 6.07) is 0.702. The molecule has 1 N–H and O–H groups in total. The predicted octanol–water partition coefficient (Wildman–Crippen LogP) is 4.07. The van der Waals surface area contributed by atoms with E-state index in [-0.39, 0.29) is 0 Å². The van der Waals surface area contributed by atoms with Gasteiger partial charge in [0.15, 0.2) is 0 Å². The number of thioether (sulfide) groups is 1. The lowest BCUT2D eigenvalue weighted by Gasteiger charge is -2.45. The third-order valence-corrected chi connectivity index (χ3v) is 4.99. The van der Waals surface area contributed by atoms with E-state index in [4.69, 9.17) is 0 Å². The van der Waals surface area contributed by atoms with Gasteiger partial charge in [-0.05, 0) is 36.5 Å². The van der Waals surface area contributed by atoms with Crippen molar-refractivity contribution in [2.75, 3.05) is 6.54 Å². The molecule has 0 saturated heterocycles. The van der Waals surface area contributed by atoms with Crippen molar-refractivity contribution in [3.63, 3.8) is 0 Å². The average Bonchev–Trinajstić information content (AvgIpc) is 2.15. The molecular formula is C14H29NS. The summed E-state index contributed by atoms with van der Waals surface area (Å²) in [4.78, 5) is 0. The first-order valence-corrected chi connectivity index (χ1v) is 7.80. The first-order valence-electron chi connectivity index (χ1n) is 6.86. The summed E-state index contributed by atoms with van der Waals surface area (Å²) < 4.78 is 0. The van der Waals surface area contributed by atoms with Crippen molar-refractivity contribution in [3.8, 4) is 0 Å². The maximum Gasteiger partial charge on any atom is 0.0237 e. The summed E-state index contributed by atoms with van der Waals surface area (Å²) in [5.41, 5.74) is 0.472. The van der Waals surface area contributed by atoms with Gasteiger partial charge in [-0.1, -0.05) is 41.0 Å². The zero-order chi connectivity index (χ0) is 12.2. The molecule has 1 rings (SSSR count). The molecule has 1 aliphatic carbocycles. The lowest BCUT2D eigenvalue weighted by atomic mass is 9.73. The fraction of sp³-hybridized carbons (Fsp3) is 1.00. The standard InChI is InChI=1S/C14H29NS/c1-6-10-15-13-12(16-11(2)3)8-7-9-14(13,4)5/h11-13,15H,6-10H2,1-5H3. The van der Waals surface area contributed by atoms with E-state index in [1.807, 2.05) is 0 Å². The van der Waals surface area contributed by atoms with Crippen molar-refractivity contribution in [3.05, 3.63) is 0 Å².